The van der Waals surface area contributed by atoms with Crippen LogP contribution < -0.4 is 4.90 Å². The fraction of sp³-hybridized carbons (Fsp3) is 0. The van der Waals surface area contributed by atoms with Crippen molar-refractivity contribution in [2.75, 3.05) is 4.90 Å². The molecule has 12 aromatic rings. The van der Waals surface area contributed by atoms with Crippen LogP contribution in [0.3, 0.4) is 0 Å². The number of fused-ring (bicyclic) bond motifs is 12. The predicted octanol–water partition coefficient (Wildman–Crippen LogP) is 14.0. The van der Waals surface area contributed by atoms with Gasteiger partial charge in [0.2, 0.25) is 0 Å². The maximum Gasteiger partial charge on any atom is 0.137 e. The van der Waals surface area contributed by atoms with E-state index in [1.165, 1.54) is 16.3 Å². The lowest BCUT2D eigenvalue weighted by Crippen LogP contribution is -2.09. The van der Waals surface area contributed by atoms with Crippen molar-refractivity contribution >= 4 is 105 Å². The molecule has 53 heavy (non-hydrogen) atoms. The summed E-state index contributed by atoms with van der Waals surface area (Å²) in [6.45, 7) is 0. The van der Waals surface area contributed by atoms with Crippen molar-refractivity contribution in [2.45, 2.75) is 0 Å². The van der Waals surface area contributed by atoms with Crippen molar-refractivity contribution in [3.63, 3.8) is 0 Å². The molecule has 0 saturated carbocycles. The molecule has 0 aliphatic rings. The number of hydrogen-bond donors (Lipinski definition) is 0. The van der Waals surface area contributed by atoms with E-state index in [4.69, 9.17) is 13.3 Å². The largest absolute Gasteiger partial charge is 0.456 e. The van der Waals surface area contributed by atoms with Crippen LogP contribution in [0.15, 0.2) is 183 Å². The van der Waals surface area contributed by atoms with Gasteiger partial charge < -0.3 is 22.7 Å². The smallest absolute Gasteiger partial charge is 0.137 e. The van der Waals surface area contributed by atoms with E-state index in [9.17, 15) is 0 Å². The molecule has 0 radical (unpaired) electrons. The first-order valence-electron chi connectivity index (χ1n) is 17.8. The summed E-state index contributed by atoms with van der Waals surface area (Å²) in [6, 6.07) is 59.6. The van der Waals surface area contributed by atoms with Crippen LogP contribution in [0.25, 0.3) is 93.3 Å². The van der Waals surface area contributed by atoms with Gasteiger partial charge in [0, 0.05) is 71.9 Å². The van der Waals surface area contributed by atoms with Gasteiger partial charge in [-0.15, -0.1) is 0 Å². The Kier molecular flexibility index (Phi) is 5.71. The SMILES string of the molecule is c1ccc(N(c2ccc3c(c2)oc2cc4c(cc23)oc2cc3c(cc24)oc2ccccc23)c2ccc3c4ccccc4n(-c4ccccc4)c3c2)cc1. The minimum Gasteiger partial charge on any atom is -0.456 e. The third-order valence-electron chi connectivity index (χ3n) is 10.7. The maximum atomic E-state index is 6.67. The molecule has 4 aromatic heterocycles. The van der Waals surface area contributed by atoms with Crippen molar-refractivity contribution in [2.24, 2.45) is 0 Å². The average molecular weight is 681 g/mol. The van der Waals surface area contributed by atoms with Crippen LogP contribution in [-0.2, 0) is 0 Å². The molecule has 0 N–H and O–H groups in total. The summed E-state index contributed by atoms with van der Waals surface area (Å²) >= 11 is 0. The van der Waals surface area contributed by atoms with Gasteiger partial charge in [-0.05, 0) is 84.9 Å². The molecule has 12 rings (SSSR count). The van der Waals surface area contributed by atoms with Gasteiger partial charge in [0.25, 0.3) is 0 Å². The van der Waals surface area contributed by atoms with Crippen LogP contribution in [0.5, 0.6) is 0 Å². The Bertz CT molecular complexity index is 3400. The number of anilines is 3. The van der Waals surface area contributed by atoms with E-state index < -0.39 is 0 Å². The molecule has 0 spiro atoms. The van der Waals surface area contributed by atoms with Crippen LogP contribution in [-0.4, -0.2) is 4.57 Å². The second-order valence-electron chi connectivity index (χ2n) is 13.7. The average Bonchev–Trinajstić information content (AvgIpc) is 3.95. The Labute approximate surface area is 302 Å². The lowest BCUT2D eigenvalue weighted by molar-refractivity contribution is 0.662. The number of rotatable bonds is 4. The molecule has 0 aliphatic carbocycles. The third-order valence-corrected chi connectivity index (χ3v) is 10.7. The molecule has 0 fully saturated rings. The number of aromatic nitrogens is 1. The summed E-state index contributed by atoms with van der Waals surface area (Å²) in [5.74, 6) is 0. The second-order valence-corrected chi connectivity index (χ2v) is 13.7. The molecular formula is C48H28N2O3. The van der Waals surface area contributed by atoms with E-state index in [1.54, 1.807) is 0 Å². The molecule has 0 atom stereocenters. The van der Waals surface area contributed by atoms with Gasteiger partial charge in [0.1, 0.15) is 33.5 Å². The molecule has 248 valence electrons. The van der Waals surface area contributed by atoms with Gasteiger partial charge >= 0.3 is 0 Å². The lowest BCUT2D eigenvalue weighted by atomic mass is 10.1. The minimum atomic E-state index is 0.814. The lowest BCUT2D eigenvalue weighted by Gasteiger charge is -2.25. The zero-order valence-electron chi connectivity index (χ0n) is 28.3. The molecule has 0 amide bonds. The number of para-hydroxylation sites is 4. The van der Waals surface area contributed by atoms with E-state index in [-0.39, 0.29) is 0 Å². The van der Waals surface area contributed by atoms with Gasteiger partial charge in [-0.3, -0.25) is 0 Å². The Balaban J connectivity index is 1.03. The molecule has 0 aliphatic heterocycles. The minimum absolute atomic E-state index is 0.814. The van der Waals surface area contributed by atoms with Crippen LogP contribution in [0.2, 0.25) is 0 Å². The summed E-state index contributed by atoms with van der Waals surface area (Å²) in [7, 11) is 0. The monoisotopic (exact) mass is 680 g/mol. The Morgan fingerprint density at radius 2 is 0.774 bits per heavy atom. The number of nitrogens with zero attached hydrogens (tertiary/aromatic N) is 2. The second kappa shape index (κ2) is 10.6. The van der Waals surface area contributed by atoms with E-state index in [0.29, 0.717) is 0 Å². The normalized spacial score (nSPS) is 12.2. The van der Waals surface area contributed by atoms with Gasteiger partial charge in [0.05, 0.1) is 11.0 Å². The highest BCUT2D eigenvalue weighted by molar-refractivity contribution is 6.19. The molecule has 5 heteroatoms. The molecule has 0 bridgehead atoms. The summed E-state index contributed by atoms with van der Waals surface area (Å²) in [6.07, 6.45) is 0. The van der Waals surface area contributed by atoms with Crippen molar-refractivity contribution in [3.05, 3.63) is 170 Å². The summed E-state index contributed by atoms with van der Waals surface area (Å²) in [5, 5.41) is 8.65. The summed E-state index contributed by atoms with van der Waals surface area (Å²) < 4.78 is 21.7. The fourth-order valence-corrected chi connectivity index (χ4v) is 8.37. The Morgan fingerprint density at radius 1 is 0.302 bits per heavy atom. The number of benzene rings is 8. The Morgan fingerprint density at radius 3 is 1.47 bits per heavy atom. The first-order valence-corrected chi connectivity index (χ1v) is 17.8. The predicted molar refractivity (Wildman–Crippen MR) is 217 cm³/mol. The topological polar surface area (TPSA) is 47.6 Å². The van der Waals surface area contributed by atoms with Crippen molar-refractivity contribution in [1.82, 2.24) is 4.57 Å². The highest BCUT2D eigenvalue weighted by Crippen LogP contribution is 2.43. The highest BCUT2D eigenvalue weighted by atomic mass is 16.3. The summed E-state index contributed by atoms with van der Waals surface area (Å²) in [4.78, 5) is 2.30. The van der Waals surface area contributed by atoms with E-state index >= 15 is 0 Å². The Hall–Kier alpha value is -7.24. The van der Waals surface area contributed by atoms with Gasteiger partial charge in [-0.2, -0.15) is 0 Å². The molecule has 8 aromatic carbocycles. The first kappa shape index (κ1) is 28.5. The number of hydrogen-bond acceptors (Lipinski definition) is 4. The van der Waals surface area contributed by atoms with E-state index in [1.807, 2.05) is 18.2 Å². The maximum absolute atomic E-state index is 6.67. The molecule has 4 heterocycles. The zero-order valence-corrected chi connectivity index (χ0v) is 28.3. The standard InChI is InChI=1S/C48H28N2O3/c1-3-11-29(12-4-1)49(31-19-21-34-33-15-7-9-17-41(33)50(42(34)23-31)30-13-5-2-6-14-30)32-20-22-36-38-26-48-40(28-46(38)52-44(36)24-32)39-27-45-37(25-47(39)53-48)35-16-8-10-18-43(35)51-45/h1-28H. The van der Waals surface area contributed by atoms with Crippen LogP contribution in [0, 0.1) is 0 Å². The van der Waals surface area contributed by atoms with Crippen LogP contribution >= 0.6 is 0 Å². The molecular weight excluding hydrogens is 653 g/mol. The quantitative estimate of drug-likeness (QED) is 0.186. The first-order chi connectivity index (χ1) is 26.2. The van der Waals surface area contributed by atoms with Crippen molar-refractivity contribution < 1.29 is 13.3 Å². The van der Waals surface area contributed by atoms with E-state index in [0.717, 1.165) is 94.1 Å². The highest BCUT2D eigenvalue weighted by Gasteiger charge is 2.20. The third kappa shape index (κ3) is 4.13. The molecule has 0 saturated heterocycles. The van der Waals surface area contributed by atoms with Gasteiger partial charge in [-0.25, -0.2) is 0 Å². The van der Waals surface area contributed by atoms with Gasteiger partial charge in [-0.1, -0.05) is 78.9 Å². The molecule has 5 nitrogen and oxygen atoms in total. The fourth-order valence-electron chi connectivity index (χ4n) is 8.37. The summed E-state index contributed by atoms with van der Waals surface area (Å²) in [5.41, 5.74) is 11.6. The van der Waals surface area contributed by atoms with Crippen LogP contribution in [0.4, 0.5) is 17.1 Å². The van der Waals surface area contributed by atoms with Gasteiger partial charge in [0.15, 0.2) is 0 Å². The van der Waals surface area contributed by atoms with E-state index in [2.05, 4.69) is 161 Å². The number of furan rings is 3. The van der Waals surface area contributed by atoms with Crippen LogP contribution in [0.1, 0.15) is 0 Å². The molecule has 0 unspecified atom stereocenters. The van der Waals surface area contributed by atoms with Crippen molar-refractivity contribution in [3.8, 4) is 5.69 Å². The van der Waals surface area contributed by atoms with Crippen molar-refractivity contribution in [1.29, 1.82) is 0 Å². The zero-order chi connectivity index (χ0) is 34.6.